The molecule has 142 valence electrons. The maximum atomic E-state index is 13.7. The van der Waals surface area contributed by atoms with Crippen LogP contribution in [0, 0.1) is 18.7 Å². The zero-order valence-corrected chi connectivity index (χ0v) is 15.6. The smallest absolute Gasteiger partial charge is 0.227 e. The van der Waals surface area contributed by atoms with Crippen LogP contribution in [0.3, 0.4) is 0 Å². The lowest BCUT2D eigenvalue weighted by atomic mass is 9.95. The van der Waals surface area contributed by atoms with Gasteiger partial charge in [0.25, 0.3) is 0 Å². The minimum absolute atomic E-state index is 0.0395. The van der Waals surface area contributed by atoms with E-state index in [0.29, 0.717) is 38.0 Å². The minimum Gasteiger partial charge on any atom is -0.352 e. The first-order chi connectivity index (χ1) is 13.0. The van der Waals surface area contributed by atoms with E-state index in [1.807, 2.05) is 25.1 Å². The molecule has 2 aromatic rings. The van der Waals surface area contributed by atoms with Gasteiger partial charge in [0.05, 0.1) is 6.42 Å². The van der Waals surface area contributed by atoms with Crippen LogP contribution in [0.1, 0.15) is 29.5 Å². The molecule has 1 fully saturated rings. The molecule has 5 heteroatoms. The molecule has 1 aliphatic rings. The Labute approximate surface area is 159 Å². The third kappa shape index (κ3) is 5.16. The number of aryl methyl sites for hydroxylation is 1. The average molecular weight is 368 g/mol. The van der Waals surface area contributed by atoms with E-state index in [2.05, 4.69) is 11.4 Å². The zero-order valence-electron chi connectivity index (χ0n) is 15.6. The Hall–Kier alpha value is -2.69. The van der Waals surface area contributed by atoms with Crippen molar-refractivity contribution in [3.05, 3.63) is 71.0 Å². The van der Waals surface area contributed by atoms with Crippen LogP contribution < -0.4 is 5.32 Å². The Morgan fingerprint density at radius 2 is 1.85 bits per heavy atom. The fraction of sp³-hybridized carbons (Fsp3) is 0.364. The molecular formula is C22H25FN2O2. The zero-order chi connectivity index (χ0) is 19.2. The lowest BCUT2D eigenvalue weighted by Crippen LogP contribution is -2.43. The van der Waals surface area contributed by atoms with Crippen molar-refractivity contribution in [1.82, 2.24) is 10.2 Å². The van der Waals surface area contributed by atoms with Crippen LogP contribution in [0.5, 0.6) is 0 Å². The number of rotatable bonds is 5. The lowest BCUT2D eigenvalue weighted by molar-refractivity contribution is -0.135. The predicted octanol–water partition coefficient (Wildman–Crippen LogP) is 3.23. The molecule has 0 aliphatic carbocycles. The number of amides is 2. The third-order valence-corrected chi connectivity index (χ3v) is 5.07. The maximum Gasteiger partial charge on any atom is 0.227 e. The SMILES string of the molecule is Cc1cccc(CNC(=O)C2CCN(C(=O)Cc3ccccc3F)CC2)c1. The molecule has 2 amide bonds. The highest BCUT2D eigenvalue weighted by Gasteiger charge is 2.27. The lowest BCUT2D eigenvalue weighted by Gasteiger charge is -2.31. The van der Waals surface area contributed by atoms with E-state index in [0.717, 1.165) is 5.56 Å². The molecule has 1 heterocycles. The van der Waals surface area contributed by atoms with E-state index < -0.39 is 0 Å². The van der Waals surface area contributed by atoms with Crippen molar-refractivity contribution >= 4 is 11.8 Å². The predicted molar refractivity (Wildman–Crippen MR) is 102 cm³/mol. The largest absolute Gasteiger partial charge is 0.352 e. The van der Waals surface area contributed by atoms with E-state index in [9.17, 15) is 14.0 Å². The molecular weight excluding hydrogens is 343 g/mol. The van der Waals surface area contributed by atoms with Gasteiger partial charge in [-0.2, -0.15) is 0 Å². The molecule has 3 rings (SSSR count). The Morgan fingerprint density at radius 3 is 2.56 bits per heavy atom. The molecule has 0 aromatic heterocycles. The molecule has 0 saturated carbocycles. The number of halogens is 1. The molecule has 0 unspecified atom stereocenters. The number of likely N-dealkylation sites (tertiary alicyclic amines) is 1. The van der Waals surface area contributed by atoms with Crippen LogP contribution in [-0.2, 0) is 22.6 Å². The van der Waals surface area contributed by atoms with Gasteiger partial charge in [0.15, 0.2) is 0 Å². The Morgan fingerprint density at radius 1 is 1.11 bits per heavy atom. The van der Waals surface area contributed by atoms with Gasteiger partial charge < -0.3 is 10.2 Å². The van der Waals surface area contributed by atoms with Crippen LogP contribution in [-0.4, -0.2) is 29.8 Å². The second-order valence-electron chi connectivity index (χ2n) is 7.13. The standard InChI is InChI=1S/C22H25FN2O2/c1-16-5-4-6-17(13-16)15-24-22(27)18-9-11-25(12-10-18)21(26)14-19-7-2-3-8-20(19)23/h2-8,13,18H,9-12,14-15H2,1H3,(H,24,27). The van der Waals surface area contributed by atoms with Crippen molar-refractivity contribution in [2.45, 2.75) is 32.7 Å². The minimum atomic E-state index is -0.351. The number of piperidine rings is 1. The van der Waals surface area contributed by atoms with Crippen molar-refractivity contribution in [3.8, 4) is 0 Å². The summed E-state index contributed by atoms with van der Waals surface area (Å²) in [6, 6.07) is 14.4. The number of nitrogens with one attached hydrogen (secondary N) is 1. The van der Waals surface area contributed by atoms with Gasteiger partial charge in [-0.25, -0.2) is 4.39 Å². The fourth-order valence-corrected chi connectivity index (χ4v) is 3.46. The van der Waals surface area contributed by atoms with Gasteiger partial charge in [-0.1, -0.05) is 48.0 Å². The first-order valence-electron chi connectivity index (χ1n) is 9.37. The van der Waals surface area contributed by atoms with E-state index >= 15 is 0 Å². The number of carbonyl (C=O) groups is 2. The summed E-state index contributed by atoms with van der Waals surface area (Å²) in [7, 11) is 0. The summed E-state index contributed by atoms with van der Waals surface area (Å²) in [5, 5.41) is 3.00. The van der Waals surface area contributed by atoms with Crippen LogP contribution >= 0.6 is 0 Å². The molecule has 2 aromatic carbocycles. The van der Waals surface area contributed by atoms with E-state index in [1.165, 1.54) is 11.6 Å². The molecule has 0 bridgehead atoms. The summed E-state index contributed by atoms with van der Waals surface area (Å²) in [5.74, 6) is -0.472. The summed E-state index contributed by atoms with van der Waals surface area (Å²) < 4.78 is 13.7. The summed E-state index contributed by atoms with van der Waals surface area (Å²) in [6.45, 7) is 3.62. The van der Waals surface area contributed by atoms with Gasteiger partial charge in [-0.15, -0.1) is 0 Å². The van der Waals surface area contributed by atoms with Crippen LogP contribution in [0.15, 0.2) is 48.5 Å². The molecule has 0 spiro atoms. The van der Waals surface area contributed by atoms with Crippen molar-refractivity contribution in [3.63, 3.8) is 0 Å². The molecule has 1 N–H and O–H groups in total. The van der Waals surface area contributed by atoms with Crippen molar-refractivity contribution in [2.75, 3.05) is 13.1 Å². The highest BCUT2D eigenvalue weighted by atomic mass is 19.1. The van der Waals surface area contributed by atoms with Gasteiger partial charge in [-0.05, 0) is 37.0 Å². The van der Waals surface area contributed by atoms with E-state index in [4.69, 9.17) is 0 Å². The van der Waals surface area contributed by atoms with Crippen LogP contribution in [0.2, 0.25) is 0 Å². The van der Waals surface area contributed by atoms with E-state index in [-0.39, 0.29) is 30.0 Å². The van der Waals surface area contributed by atoms with Gasteiger partial charge >= 0.3 is 0 Å². The fourth-order valence-electron chi connectivity index (χ4n) is 3.46. The molecule has 0 radical (unpaired) electrons. The van der Waals surface area contributed by atoms with Crippen molar-refractivity contribution < 1.29 is 14.0 Å². The van der Waals surface area contributed by atoms with Crippen molar-refractivity contribution in [1.29, 1.82) is 0 Å². The van der Waals surface area contributed by atoms with Crippen molar-refractivity contribution in [2.24, 2.45) is 5.92 Å². The summed E-state index contributed by atoms with van der Waals surface area (Å²) in [4.78, 5) is 26.5. The first-order valence-corrected chi connectivity index (χ1v) is 9.37. The molecule has 1 aliphatic heterocycles. The van der Waals surface area contributed by atoms with E-state index in [1.54, 1.807) is 23.1 Å². The van der Waals surface area contributed by atoms with Crippen LogP contribution in [0.25, 0.3) is 0 Å². The first kappa shape index (κ1) is 19.1. The average Bonchev–Trinajstić information content (AvgIpc) is 2.68. The molecule has 0 atom stereocenters. The second-order valence-corrected chi connectivity index (χ2v) is 7.13. The summed E-state index contributed by atoms with van der Waals surface area (Å²) in [6.07, 6.45) is 1.35. The highest BCUT2D eigenvalue weighted by Crippen LogP contribution is 2.19. The van der Waals surface area contributed by atoms with Gasteiger partial charge in [0, 0.05) is 25.6 Å². The van der Waals surface area contributed by atoms with Gasteiger partial charge in [0.2, 0.25) is 11.8 Å². The quantitative estimate of drug-likeness (QED) is 0.881. The monoisotopic (exact) mass is 368 g/mol. The number of hydrogen-bond acceptors (Lipinski definition) is 2. The summed E-state index contributed by atoms with van der Waals surface area (Å²) >= 11 is 0. The highest BCUT2D eigenvalue weighted by molar-refractivity contribution is 5.81. The number of nitrogens with zero attached hydrogens (tertiary/aromatic N) is 1. The van der Waals surface area contributed by atoms with Gasteiger partial charge in [-0.3, -0.25) is 9.59 Å². The second kappa shape index (κ2) is 8.80. The van der Waals surface area contributed by atoms with Gasteiger partial charge in [0.1, 0.15) is 5.82 Å². The molecule has 1 saturated heterocycles. The Kier molecular flexibility index (Phi) is 6.22. The topological polar surface area (TPSA) is 49.4 Å². The number of benzene rings is 2. The Balaban J connectivity index is 1.46. The normalized spacial score (nSPS) is 14.8. The maximum absolute atomic E-state index is 13.7. The molecule has 4 nitrogen and oxygen atoms in total. The van der Waals surface area contributed by atoms with Crippen LogP contribution in [0.4, 0.5) is 4.39 Å². The number of hydrogen-bond donors (Lipinski definition) is 1. The summed E-state index contributed by atoms with van der Waals surface area (Å²) in [5.41, 5.74) is 2.67. The number of carbonyl (C=O) groups excluding carboxylic acids is 2. The molecule has 27 heavy (non-hydrogen) atoms. The third-order valence-electron chi connectivity index (χ3n) is 5.07. The Bertz CT molecular complexity index is 813.